The number of benzene rings is 1. The van der Waals surface area contributed by atoms with Gasteiger partial charge in [-0.05, 0) is 48.1 Å². The summed E-state index contributed by atoms with van der Waals surface area (Å²) in [7, 11) is 0. The van der Waals surface area contributed by atoms with Crippen molar-refractivity contribution in [3.63, 3.8) is 0 Å². The predicted octanol–water partition coefficient (Wildman–Crippen LogP) is 4.45. The van der Waals surface area contributed by atoms with Crippen molar-refractivity contribution in [1.29, 1.82) is 0 Å². The molecule has 150 valence electrons. The molecule has 0 radical (unpaired) electrons. The van der Waals surface area contributed by atoms with E-state index >= 15 is 0 Å². The van der Waals surface area contributed by atoms with Crippen LogP contribution in [0.25, 0.3) is 0 Å². The summed E-state index contributed by atoms with van der Waals surface area (Å²) in [6.45, 7) is 7.57. The summed E-state index contributed by atoms with van der Waals surface area (Å²) < 4.78 is 5.67. The number of halogens is 1. The van der Waals surface area contributed by atoms with Crippen LogP contribution in [0.4, 0.5) is 0 Å². The molecule has 0 spiro atoms. The molecule has 3 rings (SSSR count). The van der Waals surface area contributed by atoms with Gasteiger partial charge in [-0.15, -0.1) is 0 Å². The smallest absolute Gasteiger partial charge is 0.245 e. The van der Waals surface area contributed by atoms with Crippen LogP contribution in [-0.4, -0.2) is 35.8 Å². The average Bonchev–Trinajstić information content (AvgIpc) is 2.72. The summed E-state index contributed by atoms with van der Waals surface area (Å²) in [5.41, 5.74) is 4.25. The summed E-state index contributed by atoms with van der Waals surface area (Å²) in [4.78, 5) is 19.2. The Morgan fingerprint density at radius 2 is 2.00 bits per heavy atom. The first-order valence-electron chi connectivity index (χ1n) is 9.98. The van der Waals surface area contributed by atoms with Gasteiger partial charge in [0, 0.05) is 24.5 Å². The molecule has 2 heterocycles. The minimum absolute atomic E-state index is 0.114. The fourth-order valence-corrected chi connectivity index (χ4v) is 3.72. The first kappa shape index (κ1) is 20.5. The number of aliphatic imine (C=N–C) groups is 1. The maximum Gasteiger partial charge on any atom is 0.245 e. The summed E-state index contributed by atoms with van der Waals surface area (Å²) in [5, 5.41) is 3.99. The Labute approximate surface area is 172 Å². The fraction of sp³-hybridized carbons (Fsp3) is 0.500. The highest BCUT2D eigenvalue weighted by molar-refractivity contribution is 6.30. The first-order chi connectivity index (χ1) is 13.5. The van der Waals surface area contributed by atoms with Crippen LogP contribution in [-0.2, 0) is 9.53 Å². The highest BCUT2D eigenvalue weighted by Gasteiger charge is 2.31. The Bertz CT molecular complexity index is 787. The second-order valence-corrected chi connectivity index (χ2v) is 8.03. The van der Waals surface area contributed by atoms with E-state index in [9.17, 15) is 4.79 Å². The Morgan fingerprint density at radius 1 is 1.32 bits per heavy atom. The molecule has 6 heteroatoms. The number of carbonyl (C=O) groups excluding carboxylic acids is 1. The summed E-state index contributed by atoms with van der Waals surface area (Å²) in [6, 6.07) is 7.71. The molecule has 1 atom stereocenters. The molecular weight excluding hydrogens is 374 g/mol. The van der Waals surface area contributed by atoms with Crippen LogP contribution in [0.1, 0.15) is 51.5 Å². The van der Waals surface area contributed by atoms with Gasteiger partial charge in [-0.3, -0.25) is 4.79 Å². The van der Waals surface area contributed by atoms with Crippen molar-refractivity contribution in [2.75, 3.05) is 13.1 Å². The highest BCUT2D eigenvalue weighted by atomic mass is 35.5. The lowest BCUT2D eigenvalue weighted by Gasteiger charge is -2.36. The number of nitrogens with zero attached hydrogens (tertiary/aromatic N) is 2. The van der Waals surface area contributed by atoms with Gasteiger partial charge in [-0.2, -0.15) is 0 Å². The zero-order valence-electron chi connectivity index (χ0n) is 16.7. The number of piperidine rings is 1. The Balaban J connectivity index is 1.60. The Kier molecular flexibility index (Phi) is 6.82. The van der Waals surface area contributed by atoms with Gasteiger partial charge >= 0.3 is 0 Å². The molecule has 0 bridgehead atoms. The third-order valence-corrected chi connectivity index (χ3v) is 5.55. The third-order valence-electron chi connectivity index (χ3n) is 5.29. The van der Waals surface area contributed by atoms with Crippen molar-refractivity contribution in [3.8, 4) is 0 Å². The Morgan fingerprint density at radius 3 is 2.61 bits per heavy atom. The van der Waals surface area contributed by atoms with E-state index in [1.807, 2.05) is 37.8 Å². The van der Waals surface area contributed by atoms with Crippen molar-refractivity contribution in [3.05, 3.63) is 52.7 Å². The van der Waals surface area contributed by atoms with Gasteiger partial charge in [-0.1, -0.05) is 44.5 Å². The number of likely N-dealkylation sites (tertiary alicyclic amines) is 1. The van der Waals surface area contributed by atoms with Gasteiger partial charge in [0.05, 0.1) is 6.20 Å². The molecule has 1 saturated heterocycles. The molecule has 1 amide bonds. The molecule has 1 fully saturated rings. The number of amides is 1. The van der Waals surface area contributed by atoms with Crippen LogP contribution in [0.3, 0.4) is 0 Å². The second-order valence-electron chi connectivity index (χ2n) is 7.60. The number of ether oxygens (including phenoxy) is 1. The number of nitrogens with one attached hydrogen (secondary N) is 1. The van der Waals surface area contributed by atoms with Crippen LogP contribution in [0, 0.1) is 5.92 Å². The lowest BCUT2D eigenvalue weighted by molar-refractivity contribution is -0.135. The molecule has 0 aliphatic carbocycles. The van der Waals surface area contributed by atoms with Crippen LogP contribution >= 0.6 is 11.6 Å². The molecule has 28 heavy (non-hydrogen) atoms. The number of hydrogen-bond acceptors (Lipinski definition) is 4. The van der Waals surface area contributed by atoms with E-state index < -0.39 is 0 Å². The highest BCUT2D eigenvalue weighted by Crippen LogP contribution is 2.29. The molecular formula is C22H28ClN3O2. The third kappa shape index (κ3) is 4.98. The van der Waals surface area contributed by atoms with Gasteiger partial charge in [0.2, 0.25) is 11.8 Å². The van der Waals surface area contributed by atoms with E-state index in [0.717, 1.165) is 31.0 Å². The maximum atomic E-state index is 13.2. The molecule has 1 N–H and O–H groups in total. The number of hydrogen-bond donors (Lipinski definition) is 1. The first-order valence-corrected chi connectivity index (χ1v) is 10.4. The molecule has 0 saturated carbocycles. The molecule has 2 aliphatic rings. The van der Waals surface area contributed by atoms with Crippen LogP contribution in [0.15, 0.2) is 47.1 Å². The largest absolute Gasteiger partial charge is 0.420 e. The lowest BCUT2D eigenvalue weighted by atomic mass is 9.89. The van der Waals surface area contributed by atoms with Gasteiger partial charge in [0.1, 0.15) is 6.04 Å². The molecule has 1 unspecified atom stereocenters. The van der Waals surface area contributed by atoms with Crippen molar-refractivity contribution in [2.45, 2.75) is 52.0 Å². The van der Waals surface area contributed by atoms with Crippen LogP contribution in [0.2, 0.25) is 5.02 Å². The molecule has 5 nitrogen and oxygen atoms in total. The van der Waals surface area contributed by atoms with Crippen LogP contribution < -0.4 is 5.32 Å². The van der Waals surface area contributed by atoms with E-state index in [1.54, 1.807) is 6.20 Å². The Hall–Kier alpha value is -2.23. The van der Waals surface area contributed by atoms with E-state index in [4.69, 9.17) is 16.3 Å². The topological polar surface area (TPSA) is 53.9 Å². The van der Waals surface area contributed by atoms with Gasteiger partial charge in [0.25, 0.3) is 0 Å². The summed E-state index contributed by atoms with van der Waals surface area (Å²) in [6.07, 6.45) is 4.21. The minimum atomic E-state index is -0.348. The number of rotatable bonds is 6. The van der Waals surface area contributed by atoms with Crippen LogP contribution in [0.5, 0.6) is 0 Å². The monoisotopic (exact) mass is 401 g/mol. The van der Waals surface area contributed by atoms with E-state index in [0.29, 0.717) is 24.1 Å². The zero-order valence-corrected chi connectivity index (χ0v) is 17.5. The standard InChI is InChI=1S/C22H28ClN3O2/c1-4-19-24-12-9-20(28-19)25-21(15(2)3)22(27)26-13-10-17(11-14-26)16-5-7-18(23)8-6-16/h5-8,12,15,17,21,25H,4,10-11,13-14H2,1-3H3. The summed E-state index contributed by atoms with van der Waals surface area (Å²) >= 11 is 5.99. The normalized spacial score (nSPS) is 18.4. The molecule has 0 aromatic heterocycles. The quantitative estimate of drug-likeness (QED) is 0.716. The van der Waals surface area contributed by atoms with E-state index in [2.05, 4.69) is 28.2 Å². The summed E-state index contributed by atoms with van der Waals surface area (Å²) in [5.74, 6) is 1.81. The average molecular weight is 402 g/mol. The van der Waals surface area contributed by atoms with E-state index in [-0.39, 0.29) is 17.9 Å². The number of carbonyl (C=O) groups is 1. The zero-order chi connectivity index (χ0) is 20.1. The van der Waals surface area contributed by atoms with Crippen molar-refractivity contribution in [1.82, 2.24) is 10.2 Å². The van der Waals surface area contributed by atoms with E-state index in [1.165, 1.54) is 5.56 Å². The molecule has 2 aliphatic heterocycles. The van der Waals surface area contributed by atoms with Crippen molar-refractivity contribution < 1.29 is 9.53 Å². The predicted molar refractivity (Wildman–Crippen MR) is 112 cm³/mol. The SMILES string of the molecule is CCC1=NC=C=C(NC(C(=O)N2CCC(c3ccc(Cl)cc3)CC2)C(C)C)O1. The molecule has 1 aromatic rings. The lowest BCUT2D eigenvalue weighted by Crippen LogP contribution is -2.51. The maximum absolute atomic E-state index is 13.2. The van der Waals surface area contributed by atoms with Gasteiger partial charge < -0.3 is 15.0 Å². The second kappa shape index (κ2) is 9.31. The minimum Gasteiger partial charge on any atom is -0.420 e. The van der Waals surface area contributed by atoms with Gasteiger partial charge in [-0.25, -0.2) is 4.99 Å². The van der Waals surface area contributed by atoms with Gasteiger partial charge in [0.15, 0.2) is 5.90 Å². The van der Waals surface area contributed by atoms with Crippen molar-refractivity contribution in [2.24, 2.45) is 10.9 Å². The van der Waals surface area contributed by atoms with Crippen molar-refractivity contribution >= 4 is 23.4 Å². The molecule has 1 aromatic carbocycles. The fourth-order valence-electron chi connectivity index (χ4n) is 3.59.